The lowest BCUT2D eigenvalue weighted by Crippen LogP contribution is -2.67. The summed E-state index contributed by atoms with van der Waals surface area (Å²) < 4.78 is 13.1. The first-order valence-electron chi connectivity index (χ1n) is 13.1. The highest BCUT2D eigenvalue weighted by Crippen LogP contribution is 2.77. The van der Waals surface area contributed by atoms with E-state index >= 15 is 0 Å². The van der Waals surface area contributed by atoms with E-state index in [2.05, 4.69) is 81.5 Å². The van der Waals surface area contributed by atoms with Crippen LogP contribution >= 0.6 is 0 Å². The molecule has 3 aliphatic carbocycles. The molecule has 0 amide bonds. The zero-order valence-corrected chi connectivity index (χ0v) is 23.3. The molecule has 5 heteroatoms. The van der Waals surface area contributed by atoms with Gasteiger partial charge in [0, 0.05) is 18.4 Å². The number of allylic oxidation sites excluding steroid dienone is 1. The standard InChI is InChI=1S/C31H38O4Si/c1-28(2,3)35-27(33)31-24-18-13-19-30(26(24)31,20-25(31)32)21-34-36(29(4,5)6,22-14-9-7-10-15-22)23-16-11-8-12-17-23/h7-17,19,24,26H,18,20-21H2,1-6H3/t24-,26-,30-,31-/m0/s1. The topological polar surface area (TPSA) is 52.6 Å². The minimum Gasteiger partial charge on any atom is -0.459 e. The molecule has 0 bridgehead atoms. The molecule has 2 aromatic rings. The van der Waals surface area contributed by atoms with E-state index in [1.165, 1.54) is 10.4 Å². The van der Waals surface area contributed by atoms with Crippen LogP contribution < -0.4 is 10.4 Å². The van der Waals surface area contributed by atoms with E-state index in [1.54, 1.807) is 0 Å². The summed E-state index contributed by atoms with van der Waals surface area (Å²) in [5, 5.41) is 2.28. The molecular formula is C31H38O4Si. The number of hydrogen-bond donors (Lipinski definition) is 0. The highest BCUT2D eigenvalue weighted by molar-refractivity contribution is 6.99. The van der Waals surface area contributed by atoms with Gasteiger partial charge in [0.2, 0.25) is 0 Å². The summed E-state index contributed by atoms with van der Waals surface area (Å²) in [5.74, 6) is -0.343. The fraction of sp³-hybridized carbons (Fsp3) is 0.484. The van der Waals surface area contributed by atoms with Gasteiger partial charge < -0.3 is 9.16 Å². The Bertz CT molecular complexity index is 1150. The van der Waals surface area contributed by atoms with Crippen LogP contribution in [0.3, 0.4) is 0 Å². The third kappa shape index (κ3) is 3.58. The monoisotopic (exact) mass is 502 g/mol. The zero-order valence-electron chi connectivity index (χ0n) is 22.3. The van der Waals surface area contributed by atoms with Gasteiger partial charge in [0.25, 0.3) is 8.32 Å². The molecule has 2 saturated carbocycles. The van der Waals surface area contributed by atoms with Crippen LogP contribution in [0.2, 0.25) is 5.04 Å². The Hall–Kier alpha value is -2.50. The number of hydrogen-bond acceptors (Lipinski definition) is 4. The SMILES string of the molecule is CC(C)(C)OC(=O)[C@]12C(=O)C[C@]3(CO[Si](c4ccccc4)(c4ccccc4)C(C)(C)C)C=CC[C@H]1[C@@H]32. The molecule has 2 fully saturated rings. The molecule has 0 saturated heterocycles. The van der Waals surface area contributed by atoms with Crippen molar-refractivity contribution < 1.29 is 18.8 Å². The number of Topliss-reactive ketones (excluding diaryl/α,β-unsaturated/α-hetero) is 1. The van der Waals surface area contributed by atoms with Gasteiger partial charge in [-0.2, -0.15) is 0 Å². The fourth-order valence-corrected chi connectivity index (χ4v) is 11.8. The van der Waals surface area contributed by atoms with Crippen LogP contribution in [-0.2, 0) is 18.8 Å². The normalized spacial score (nSPS) is 29.1. The van der Waals surface area contributed by atoms with Crippen molar-refractivity contribution in [1.82, 2.24) is 0 Å². The minimum atomic E-state index is -2.76. The molecule has 0 spiro atoms. The number of ether oxygens (including phenoxy) is 1. The number of rotatable bonds is 6. The van der Waals surface area contributed by atoms with Crippen molar-refractivity contribution in [2.24, 2.45) is 22.7 Å². The minimum absolute atomic E-state index is 0.0151. The average molecular weight is 503 g/mol. The molecule has 4 nitrogen and oxygen atoms in total. The van der Waals surface area contributed by atoms with Crippen molar-refractivity contribution in [2.75, 3.05) is 6.61 Å². The van der Waals surface area contributed by atoms with Gasteiger partial charge in [0.1, 0.15) is 11.0 Å². The smallest absolute Gasteiger partial charge is 0.320 e. The highest BCUT2D eigenvalue weighted by atomic mass is 28.4. The van der Waals surface area contributed by atoms with E-state index in [9.17, 15) is 9.59 Å². The largest absolute Gasteiger partial charge is 0.459 e. The van der Waals surface area contributed by atoms with E-state index in [-0.39, 0.29) is 28.6 Å². The number of carbonyl (C=O) groups is 2. The molecule has 0 unspecified atom stereocenters. The molecule has 0 aromatic heterocycles. The number of esters is 1. The van der Waals surface area contributed by atoms with Crippen molar-refractivity contribution in [3.05, 3.63) is 72.8 Å². The summed E-state index contributed by atoms with van der Waals surface area (Å²) in [7, 11) is -2.76. The van der Waals surface area contributed by atoms with E-state index in [4.69, 9.17) is 9.16 Å². The summed E-state index contributed by atoms with van der Waals surface area (Å²) in [6.45, 7) is 12.8. The lowest BCUT2D eigenvalue weighted by molar-refractivity contribution is -0.164. The van der Waals surface area contributed by atoms with Crippen LogP contribution in [0.4, 0.5) is 0 Å². The maximum atomic E-state index is 13.6. The Morgan fingerprint density at radius 3 is 2.00 bits per heavy atom. The maximum Gasteiger partial charge on any atom is 0.320 e. The van der Waals surface area contributed by atoms with Gasteiger partial charge in [-0.05, 0) is 54.4 Å². The Labute approximate surface area is 216 Å². The molecule has 0 aliphatic heterocycles. The Kier molecular flexibility index (Phi) is 5.77. The number of benzene rings is 2. The third-order valence-electron chi connectivity index (χ3n) is 8.49. The molecule has 36 heavy (non-hydrogen) atoms. The predicted molar refractivity (Wildman–Crippen MR) is 145 cm³/mol. The second-order valence-electron chi connectivity index (χ2n) is 12.9. The fourth-order valence-electron chi connectivity index (χ4n) is 7.13. The molecule has 4 atom stereocenters. The van der Waals surface area contributed by atoms with E-state index in [0.717, 1.165) is 6.42 Å². The molecule has 5 rings (SSSR count). The third-order valence-corrected chi connectivity index (χ3v) is 13.5. The zero-order chi connectivity index (χ0) is 26.0. The molecule has 190 valence electrons. The lowest BCUT2D eigenvalue weighted by Gasteiger charge is -2.45. The van der Waals surface area contributed by atoms with E-state index in [0.29, 0.717) is 13.0 Å². The van der Waals surface area contributed by atoms with Crippen molar-refractivity contribution in [2.45, 2.75) is 65.0 Å². The van der Waals surface area contributed by atoms with Gasteiger partial charge in [-0.1, -0.05) is 93.6 Å². The van der Waals surface area contributed by atoms with Crippen LogP contribution in [0, 0.1) is 22.7 Å². The predicted octanol–water partition coefficient (Wildman–Crippen LogP) is 5.06. The van der Waals surface area contributed by atoms with Crippen molar-refractivity contribution in [1.29, 1.82) is 0 Å². The van der Waals surface area contributed by atoms with Gasteiger partial charge in [-0.3, -0.25) is 9.59 Å². The van der Waals surface area contributed by atoms with Crippen LogP contribution in [-0.4, -0.2) is 32.3 Å². The molecule has 0 N–H and O–H groups in total. The first-order valence-corrected chi connectivity index (χ1v) is 15.0. The van der Waals surface area contributed by atoms with E-state index < -0.39 is 24.7 Å². The van der Waals surface area contributed by atoms with Gasteiger partial charge >= 0.3 is 5.97 Å². The van der Waals surface area contributed by atoms with Crippen LogP contribution in [0.1, 0.15) is 54.4 Å². The molecule has 2 aromatic carbocycles. The molecular weight excluding hydrogens is 464 g/mol. The summed E-state index contributed by atoms with van der Waals surface area (Å²) in [5.41, 5.74) is -2.10. The van der Waals surface area contributed by atoms with Crippen molar-refractivity contribution >= 4 is 30.4 Å². The van der Waals surface area contributed by atoms with Gasteiger partial charge in [-0.15, -0.1) is 0 Å². The number of ketones is 1. The van der Waals surface area contributed by atoms with Crippen LogP contribution in [0.15, 0.2) is 72.8 Å². The lowest BCUT2D eigenvalue weighted by atomic mass is 9.77. The van der Waals surface area contributed by atoms with Crippen molar-refractivity contribution in [3.63, 3.8) is 0 Å². The van der Waals surface area contributed by atoms with Crippen molar-refractivity contribution in [3.8, 4) is 0 Å². The average Bonchev–Trinajstić information content (AvgIpc) is 3.43. The van der Waals surface area contributed by atoms with Gasteiger partial charge in [0.15, 0.2) is 5.78 Å². The number of fused-ring (bicyclic) bond motifs is 1. The second-order valence-corrected chi connectivity index (χ2v) is 17.2. The van der Waals surface area contributed by atoms with E-state index in [1.807, 2.05) is 32.9 Å². The van der Waals surface area contributed by atoms with Crippen LogP contribution in [0.25, 0.3) is 0 Å². The first-order chi connectivity index (χ1) is 16.9. The van der Waals surface area contributed by atoms with Gasteiger partial charge in [-0.25, -0.2) is 0 Å². The molecule has 3 aliphatic rings. The number of carbonyl (C=O) groups excluding carboxylic acids is 2. The Balaban J connectivity index is 1.55. The summed E-state index contributed by atoms with van der Waals surface area (Å²) in [6.07, 6.45) is 5.43. The molecule has 0 heterocycles. The maximum absolute atomic E-state index is 13.6. The Morgan fingerprint density at radius 1 is 0.944 bits per heavy atom. The second kappa shape index (κ2) is 8.25. The summed E-state index contributed by atoms with van der Waals surface area (Å²) >= 11 is 0. The summed E-state index contributed by atoms with van der Waals surface area (Å²) in [4.78, 5) is 27.0. The quantitative estimate of drug-likeness (QED) is 0.240. The molecule has 0 radical (unpaired) electrons. The first kappa shape index (κ1) is 25.2. The van der Waals surface area contributed by atoms with Gasteiger partial charge in [0.05, 0.1) is 0 Å². The highest BCUT2D eigenvalue weighted by Gasteiger charge is 2.84. The Morgan fingerprint density at radius 2 is 1.50 bits per heavy atom. The summed E-state index contributed by atoms with van der Waals surface area (Å²) in [6, 6.07) is 21.1. The van der Waals surface area contributed by atoms with Crippen LogP contribution in [0.5, 0.6) is 0 Å².